The Hall–Kier alpha value is -2.54. The Morgan fingerprint density at radius 3 is 2.48 bits per heavy atom. The number of anilines is 1. The molecular formula is C22H30N2O5. The second kappa shape index (κ2) is 9.31. The molecule has 1 aliphatic carbocycles. The van der Waals surface area contributed by atoms with Crippen LogP contribution in [-0.4, -0.2) is 56.2 Å². The van der Waals surface area contributed by atoms with E-state index in [9.17, 15) is 9.59 Å². The summed E-state index contributed by atoms with van der Waals surface area (Å²) >= 11 is 0. The largest absolute Gasteiger partial charge is 0.493 e. The van der Waals surface area contributed by atoms with Crippen LogP contribution in [0.2, 0.25) is 0 Å². The van der Waals surface area contributed by atoms with E-state index < -0.39 is 0 Å². The molecule has 1 atom stereocenters. The summed E-state index contributed by atoms with van der Waals surface area (Å²) < 4.78 is 16.6. The molecule has 158 valence electrons. The highest BCUT2D eigenvalue weighted by Crippen LogP contribution is 2.38. The first-order chi connectivity index (χ1) is 13.9. The summed E-state index contributed by atoms with van der Waals surface area (Å²) in [6.45, 7) is 5.08. The molecule has 1 aromatic rings. The maximum atomic E-state index is 12.9. The van der Waals surface area contributed by atoms with Crippen LogP contribution in [0.5, 0.6) is 11.5 Å². The van der Waals surface area contributed by atoms with Gasteiger partial charge in [0.2, 0.25) is 5.91 Å². The number of amides is 2. The van der Waals surface area contributed by atoms with E-state index in [1.807, 2.05) is 19.9 Å². The smallest absolute Gasteiger partial charge is 0.254 e. The monoisotopic (exact) mass is 402 g/mol. The molecule has 0 saturated carbocycles. The third kappa shape index (κ3) is 4.90. The Labute approximate surface area is 172 Å². The van der Waals surface area contributed by atoms with Gasteiger partial charge in [-0.05, 0) is 45.2 Å². The number of hydrogen-bond acceptors (Lipinski definition) is 5. The summed E-state index contributed by atoms with van der Waals surface area (Å²) in [7, 11) is 3.03. The van der Waals surface area contributed by atoms with Crippen LogP contribution in [0.4, 0.5) is 5.69 Å². The van der Waals surface area contributed by atoms with E-state index in [1.165, 1.54) is 14.2 Å². The van der Waals surface area contributed by atoms with Gasteiger partial charge in [0.25, 0.3) is 5.91 Å². The number of benzene rings is 1. The van der Waals surface area contributed by atoms with E-state index in [-0.39, 0.29) is 29.9 Å². The number of hydrogen-bond donors (Lipinski definition) is 1. The van der Waals surface area contributed by atoms with Gasteiger partial charge in [-0.1, -0.05) is 12.2 Å². The summed E-state index contributed by atoms with van der Waals surface area (Å²) in [5, 5.41) is 2.94. The molecule has 3 rings (SSSR count). The molecule has 2 amide bonds. The third-order valence-electron chi connectivity index (χ3n) is 5.22. The van der Waals surface area contributed by atoms with Crippen molar-refractivity contribution in [3.8, 4) is 11.5 Å². The standard InChI is InChI=1S/C22H30N2O5/c1-14(2)29-17-12-24(13-17)22(26)16-10-18(20(28-4)19(11-16)27-3)23-21(25)15-8-6-5-7-9-15/h5-6,10-11,14-15,17H,7-9,12-13H2,1-4H3,(H,23,25). The average Bonchev–Trinajstić information content (AvgIpc) is 2.69. The molecule has 0 radical (unpaired) electrons. The minimum absolute atomic E-state index is 0.0672. The molecule has 1 aromatic carbocycles. The van der Waals surface area contributed by atoms with Gasteiger partial charge in [-0.3, -0.25) is 9.59 Å². The summed E-state index contributed by atoms with van der Waals surface area (Å²) in [6.07, 6.45) is 6.75. The first-order valence-electron chi connectivity index (χ1n) is 10.1. The van der Waals surface area contributed by atoms with Crippen LogP contribution in [-0.2, 0) is 9.53 Å². The molecule has 1 N–H and O–H groups in total. The van der Waals surface area contributed by atoms with Gasteiger partial charge in [0.1, 0.15) is 0 Å². The molecule has 7 nitrogen and oxygen atoms in total. The lowest BCUT2D eigenvalue weighted by molar-refractivity contribution is -0.120. The first-order valence-corrected chi connectivity index (χ1v) is 10.1. The predicted octanol–water partition coefficient (Wildman–Crippen LogP) is 3.25. The van der Waals surface area contributed by atoms with Crippen molar-refractivity contribution >= 4 is 17.5 Å². The fraction of sp³-hybridized carbons (Fsp3) is 0.545. The molecular weight excluding hydrogens is 372 g/mol. The van der Waals surface area contributed by atoms with Crippen molar-refractivity contribution in [3.63, 3.8) is 0 Å². The highest BCUT2D eigenvalue weighted by atomic mass is 16.5. The Kier molecular flexibility index (Phi) is 6.79. The summed E-state index contributed by atoms with van der Waals surface area (Å²) in [5.41, 5.74) is 0.898. The van der Waals surface area contributed by atoms with E-state index in [2.05, 4.69) is 11.4 Å². The zero-order chi connectivity index (χ0) is 21.0. The number of rotatable bonds is 7. The van der Waals surface area contributed by atoms with Crippen molar-refractivity contribution in [2.45, 2.75) is 45.3 Å². The van der Waals surface area contributed by atoms with Crippen LogP contribution >= 0.6 is 0 Å². The van der Waals surface area contributed by atoms with Crippen molar-refractivity contribution in [2.24, 2.45) is 5.92 Å². The number of allylic oxidation sites excluding steroid dienone is 2. The number of likely N-dealkylation sites (tertiary alicyclic amines) is 1. The number of ether oxygens (including phenoxy) is 3. The molecule has 1 aliphatic heterocycles. The topological polar surface area (TPSA) is 77.1 Å². The van der Waals surface area contributed by atoms with Crippen molar-refractivity contribution in [1.82, 2.24) is 4.90 Å². The maximum absolute atomic E-state index is 12.9. The molecule has 0 bridgehead atoms. The van der Waals surface area contributed by atoms with Gasteiger partial charge in [-0.25, -0.2) is 0 Å². The Balaban J connectivity index is 1.78. The number of methoxy groups -OCH3 is 2. The molecule has 7 heteroatoms. The number of nitrogens with one attached hydrogen (secondary N) is 1. The van der Waals surface area contributed by atoms with Gasteiger partial charge in [-0.2, -0.15) is 0 Å². The quantitative estimate of drug-likeness (QED) is 0.709. The summed E-state index contributed by atoms with van der Waals surface area (Å²) in [5.74, 6) is 0.541. The van der Waals surface area contributed by atoms with E-state index in [0.29, 0.717) is 35.8 Å². The van der Waals surface area contributed by atoms with Gasteiger partial charge in [0.05, 0.1) is 32.1 Å². The predicted molar refractivity (Wildman–Crippen MR) is 111 cm³/mol. The van der Waals surface area contributed by atoms with Crippen LogP contribution in [0, 0.1) is 5.92 Å². The third-order valence-corrected chi connectivity index (χ3v) is 5.22. The second-order valence-corrected chi connectivity index (χ2v) is 7.75. The molecule has 1 fully saturated rings. The highest BCUT2D eigenvalue weighted by molar-refractivity contribution is 6.00. The van der Waals surface area contributed by atoms with Crippen LogP contribution in [0.3, 0.4) is 0 Å². The maximum Gasteiger partial charge on any atom is 0.254 e. The Morgan fingerprint density at radius 1 is 1.14 bits per heavy atom. The number of carbonyl (C=O) groups is 2. The van der Waals surface area contributed by atoms with Gasteiger partial charge in [0, 0.05) is 24.6 Å². The molecule has 0 spiro atoms. The van der Waals surface area contributed by atoms with Crippen LogP contribution in [0.25, 0.3) is 0 Å². The van der Waals surface area contributed by atoms with E-state index in [1.54, 1.807) is 17.0 Å². The van der Waals surface area contributed by atoms with E-state index in [0.717, 1.165) is 19.3 Å². The van der Waals surface area contributed by atoms with Crippen LogP contribution in [0.1, 0.15) is 43.5 Å². The summed E-state index contributed by atoms with van der Waals surface area (Å²) in [4.78, 5) is 27.4. The minimum Gasteiger partial charge on any atom is -0.493 e. The molecule has 1 saturated heterocycles. The zero-order valence-electron chi connectivity index (χ0n) is 17.6. The lowest BCUT2D eigenvalue weighted by atomic mass is 9.93. The van der Waals surface area contributed by atoms with Gasteiger partial charge < -0.3 is 24.4 Å². The van der Waals surface area contributed by atoms with Crippen molar-refractivity contribution in [1.29, 1.82) is 0 Å². The van der Waals surface area contributed by atoms with Crippen LogP contribution < -0.4 is 14.8 Å². The fourth-order valence-corrected chi connectivity index (χ4v) is 3.70. The van der Waals surface area contributed by atoms with Gasteiger partial charge in [-0.15, -0.1) is 0 Å². The molecule has 1 heterocycles. The lowest BCUT2D eigenvalue weighted by Gasteiger charge is -2.40. The highest BCUT2D eigenvalue weighted by Gasteiger charge is 2.33. The van der Waals surface area contributed by atoms with Gasteiger partial charge >= 0.3 is 0 Å². The van der Waals surface area contributed by atoms with Crippen LogP contribution in [0.15, 0.2) is 24.3 Å². The normalized spacial score (nSPS) is 19.1. The fourth-order valence-electron chi connectivity index (χ4n) is 3.70. The Bertz CT molecular complexity index is 784. The molecule has 29 heavy (non-hydrogen) atoms. The number of nitrogens with zero attached hydrogens (tertiary/aromatic N) is 1. The second-order valence-electron chi connectivity index (χ2n) is 7.75. The molecule has 0 aromatic heterocycles. The molecule has 2 aliphatic rings. The molecule has 1 unspecified atom stereocenters. The minimum atomic E-state index is -0.120. The number of carbonyl (C=O) groups excluding carboxylic acids is 2. The summed E-state index contributed by atoms with van der Waals surface area (Å²) in [6, 6.07) is 3.31. The van der Waals surface area contributed by atoms with Gasteiger partial charge in [0.15, 0.2) is 11.5 Å². The first kappa shape index (κ1) is 21.2. The SMILES string of the molecule is COc1cc(C(=O)N2CC(OC(C)C)C2)cc(NC(=O)C2CC=CCC2)c1OC. The lowest BCUT2D eigenvalue weighted by Crippen LogP contribution is -2.55. The van der Waals surface area contributed by atoms with Crippen molar-refractivity contribution < 1.29 is 23.8 Å². The zero-order valence-corrected chi connectivity index (χ0v) is 17.6. The van der Waals surface area contributed by atoms with E-state index >= 15 is 0 Å². The van der Waals surface area contributed by atoms with Crippen molar-refractivity contribution in [2.75, 3.05) is 32.6 Å². The van der Waals surface area contributed by atoms with E-state index in [4.69, 9.17) is 14.2 Å². The average molecular weight is 402 g/mol. The Morgan fingerprint density at radius 2 is 1.90 bits per heavy atom. The van der Waals surface area contributed by atoms with Crippen molar-refractivity contribution in [3.05, 3.63) is 29.8 Å².